The molecule has 1 aliphatic rings. The molecule has 0 N–H and O–H groups in total. The Hall–Kier alpha value is -1.87. The van der Waals surface area contributed by atoms with Crippen LogP contribution >= 0.6 is 0 Å². The van der Waals surface area contributed by atoms with Crippen LogP contribution in [0, 0.1) is 5.92 Å². The minimum Gasteiger partial charge on any atom is -0.425 e. The second-order valence-electron chi connectivity index (χ2n) is 8.18. The highest BCUT2D eigenvalue weighted by molar-refractivity contribution is 5.90. The highest BCUT2D eigenvalue weighted by Gasteiger charge is 2.31. The third-order valence-corrected chi connectivity index (χ3v) is 5.15. The van der Waals surface area contributed by atoms with Gasteiger partial charge >= 0.3 is 5.97 Å². The lowest BCUT2D eigenvalue weighted by atomic mass is 9.97. The van der Waals surface area contributed by atoms with Crippen molar-refractivity contribution in [1.29, 1.82) is 0 Å². The van der Waals surface area contributed by atoms with Gasteiger partial charge in [-0.2, -0.15) is 0 Å². The van der Waals surface area contributed by atoms with E-state index >= 15 is 0 Å². The summed E-state index contributed by atoms with van der Waals surface area (Å²) in [4.78, 5) is 12.5. The Kier molecular flexibility index (Phi) is 9.49. The van der Waals surface area contributed by atoms with E-state index in [2.05, 4.69) is 33.8 Å². The summed E-state index contributed by atoms with van der Waals surface area (Å²) < 4.78 is 12.0. The second kappa shape index (κ2) is 11.9. The van der Waals surface area contributed by atoms with Gasteiger partial charge in [-0.15, -0.1) is 0 Å². The predicted molar refractivity (Wildman–Crippen MR) is 115 cm³/mol. The van der Waals surface area contributed by atoms with Crippen molar-refractivity contribution in [1.82, 2.24) is 0 Å². The Balaban J connectivity index is 1.99. The number of unbranched alkanes of at least 4 members (excludes halogenated alkanes) is 2. The first-order valence-corrected chi connectivity index (χ1v) is 10.8. The van der Waals surface area contributed by atoms with Crippen LogP contribution in [-0.2, 0) is 9.47 Å². The average Bonchev–Trinajstić information content (AvgIpc) is 3.03. The molecule has 0 amide bonds. The molecule has 3 heteroatoms. The summed E-state index contributed by atoms with van der Waals surface area (Å²) in [5.41, 5.74) is 1.94. The molecule has 2 rings (SSSR count). The van der Waals surface area contributed by atoms with Crippen LogP contribution in [0.4, 0.5) is 0 Å². The third-order valence-electron chi connectivity index (χ3n) is 5.15. The largest absolute Gasteiger partial charge is 0.425 e. The van der Waals surface area contributed by atoms with Gasteiger partial charge in [0.1, 0.15) is 11.9 Å². The smallest absolute Gasteiger partial charge is 0.343 e. The number of allylic oxidation sites excluding steroid dienone is 2. The van der Waals surface area contributed by atoms with Crippen LogP contribution in [0.2, 0.25) is 0 Å². The number of rotatable bonds is 11. The fraction of sp³-hybridized carbons (Fsp3) is 0.560. The Bertz CT molecular complexity index is 656. The molecule has 0 radical (unpaired) electrons. The minimum absolute atomic E-state index is 0.0557. The van der Waals surface area contributed by atoms with Gasteiger partial charge in [-0.05, 0) is 63.7 Å². The number of carbonyl (C=O) groups is 1. The first kappa shape index (κ1) is 22.4. The maximum Gasteiger partial charge on any atom is 0.343 e. The molecule has 3 atom stereocenters. The molecule has 0 bridgehead atoms. The van der Waals surface area contributed by atoms with Gasteiger partial charge in [-0.3, -0.25) is 0 Å². The van der Waals surface area contributed by atoms with Crippen LogP contribution in [-0.4, -0.2) is 18.2 Å². The number of carbonyl (C=O) groups excluding carboxylic acids is 1. The van der Waals surface area contributed by atoms with Crippen LogP contribution in [0.15, 0.2) is 53.8 Å². The van der Waals surface area contributed by atoms with Crippen molar-refractivity contribution < 1.29 is 14.3 Å². The van der Waals surface area contributed by atoms with Gasteiger partial charge in [0.15, 0.2) is 0 Å². The van der Waals surface area contributed by atoms with E-state index in [1.165, 1.54) is 18.4 Å². The zero-order valence-electron chi connectivity index (χ0n) is 17.9. The standard InChI is InChI=1S/C25H36O3/c1-5-6-8-16-22-18-24(28-25(26)21-14-9-7-10-15-21)23(27-22)17-20(4)13-11-12-19(2)3/h7,9-10,12,14-15,18,20,22-23H,5-6,8,11,13,16-17H2,1-4H3/t20-,22+,23+/m1/s1. The van der Waals surface area contributed by atoms with E-state index in [0.29, 0.717) is 17.2 Å². The van der Waals surface area contributed by atoms with E-state index in [0.717, 1.165) is 32.1 Å². The molecule has 0 fully saturated rings. The maximum absolute atomic E-state index is 12.5. The molecule has 154 valence electrons. The van der Waals surface area contributed by atoms with Crippen LogP contribution in [0.25, 0.3) is 0 Å². The van der Waals surface area contributed by atoms with E-state index in [1.54, 1.807) is 12.1 Å². The molecule has 0 unspecified atom stereocenters. The zero-order chi connectivity index (χ0) is 20.4. The highest BCUT2D eigenvalue weighted by atomic mass is 16.6. The van der Waals surface area contributed by atoms with Crippen LogP contribution in [0.1, 0.15) is 83.0 Å². The maximum atomic E-state index is 12.5. The van der Waals surface area contributed by atoms with Crippen molar-refractivity contribution in [3.8, 4) is 0 Å². The third kappa shape index (κ3) is 7.63. The fourth-order valence-corrected chi connectivity index (χ4v) is 3.51. The summed E-state index contributed by atoms with van der Waals surface area (Å²) in [6.45, 7) is 8.73. The summed E-state index contributed by atoms with van der Waals surface area (Å²) in [5, 5.41) is 0. The highest BCUT2D eigenvalue weighted by Crippen LogP contribution is 2.30. The fourth-order valence-electron chi connectivity index (χ4n) is 3.51. The lowest BCUT2D eigenvalue weighted by Gasteiger charge is -2.20. The Morgan fingerprint density at radius 1 is 1.21 bits per heavy atom. The van der Waals surface area contributed by atoms with Gasteiger partial charge in [0.2, 0.25) is 0 Å². The molecule has 0 spiro atoms. The quantitative estimate of drug-likeness (QED) is 0.238. The van der Waals surface area contributed by atoms with Crippen LogP contribution in [0.3, 0.4) is 0 Å². The van der Waals surface area contributed by atoms with E-state index in [9.17, 15) is 4.79 Å². The zero-order valence-corrected chi connectivity index (χ0v) is 17.9. The lowest BCUT2D eigenvalue weighted by molar-refractivity contribution is 0.0119. The molecular formula is C25H36O3. The van der Waals surface area contributed by atoms with E-state index in [1.807, 2.05) is 24.3 Å². The van der Waals surface area contributed by atoms with Gasteiger partial charge in [0.05, 0.1) is 11.7 Å². The van der Waals surface area contributed by atoms with E-state index in [-0.39, 0.29) is 18.2 Å². The van der Waals surface area contributed by atoms with Gasteiger partial charge in [-0.1, -0.05) is 63.0 Å². The Labute approximate surface area is 170 Å². The van der Waals surface area contributed by atoms with Crippen LogP contribution < -0.4 is 0 Å². The molecule has 0 aliphatic carbocycles. The van der Waals surface area contributed by atoms with Gasteiger partial charge in [0.25, 0.3) is 0 Å². The molecule has 1 aromatic rings. The van der Waals surface area contributed by atoms with Crippen molar-refractivity contribution >= 4 is 5.97 Å². The molecule has 1 aliphatic heterocycles. The van der Waals surface area contributed by atoms with E-state index in [4.69, 9.17) is 9.47 Å². The molecule has 3 nitrogen and oxygen atoms in total. The van der Waals surface area contributed by atoms with Crippen molar-refractivity contribution in [3.63, 3.8) is 0 Å². The summed E-state index contributed by atoms with van der Waals surface area (Å²) in [6, 6.07) is 9.18. The molecule has 0 aromatic heterocycles. The summed E-state index contributed by atoms with van der Waals surface area (Å²) in [7, 11) is 0. The predicted octanol–water partition coefficient (Wildman–Crippen LogP) is 6.85. The Morgan fingerprint density at radius 2 is 1.96 bits per heavy atom. The van der Waals surface area contributed by atoms with Gasteiger partial charge in [-0.25, -0.2) is 4.79 Å². The molecule has 0 saturated carbocycles. The monoisotopic (exact) mass is 384 g/mol. The number of esters is 1. The van der Waals surface area contributed by atoms with Crippen molar-refractivity contribution in [2.75, 3.05) is 0 Å². The molecule has 0 saturated heterocycles. The SMILES string of the molecule is CCCCC[C@H]1C=C(OC(=O)c2ccccc2)[C@H](C[C@H](C)CCC=C(C)C)O1. The summed E-state index contributed by atoms with van der Waals surface area (Å²) in [6.07, 6.45) is 11.9. The topological polar surface area (TPSA) is 35.5 Å². The summed E-state index contributed by atoms with van der Waals surface area (Å²) >= 11 is 0. The molecular weight excluding hydrogens is 348 g/mol. The first-order valence-electron chi connectivity index (χ1n) is 10.8. The van der Waals surface area contributed by atoms with Crippen molar-refractivity contribution in [3.05, 3.63) is 59.4 Å². The van der Waals surface area contributed by atoms with Gasteiger partial charge in [0, 0.05) is 0 Å². The first-order chi connectivity index (χ1) is 13.5. The molecule has 28 heavy (non-hydrogen) atoms. The normalized spacial score (nSPS) is 19.8. The Morgan fingerprint density at radius 3 is 2.64 bits per heavy atom. The second-order valence-corrected chi connectivity index (χ2v) is 8.18. The summed E-state index contributed by atoms with van der Waals surface area (Å²) in [5.74, 6) is 0.907. The average molecular weight is 385 g/mol. The van der Waals surface area contributed by atoms with Crippen LogP contribution in [0.5, 0.6) is 0 Å². The number of hydrogen-bond donors (Lipinski definition) is 0. The lowest BCUT2D eigenvalue weighted by Crippen LogP contribution is -2.20. The minimum atomic E-state index is -0.299. The molecule has 1 heterocycles. The molecule has 1 aromatic carbocycles. The van der Waals surface area contributed by atoms with Crippen molar-refractivity contribution in [2.24, 2.45) is 5.92 Å². The van der Waals surface area contributed by atoms with E-state index < -0.39 is 0 Å². The van der Waals surface area contributed by atoms with Gasteiger partial charge < -0.3 is 9.47 Å². The van der Waals surface area contributed by atoms with Crippen molar-refractivity contribution in [2.45, 2.75) is 84.8 Å². The number of ether oxygens (including phenoxy) is 2. The number of hydrogen-bond acceptors (Lipinski definition) is 3. The number of benzene rings is 1.